The quantitative estimate of drug-likeness (QED) is 0.152. The van der Waals surface area contributed by atoms with Crippen molar-refractivity contribution in [3.63, 3.8) is 0 Å². The molecule has 2 heterocycles. The van der Waals surface area contributed by atoms with Crippen LogP contribution >= 0.6 is 0 Å². The van der Waals surface area contributed by atoms with E-state index in [4.69, 9.17) is 8.83 Å². The first-order valence-corrected chi connectivity index (χ1v) is 23.7. The van der Waals surface area contributed by atoms with Gasteiger partial charge in [0.25, 0.3) is 0 Å². The molecule has 0 spiro atoms. The van der Waals surface area contributed by atoms with Crippen LogP contribution in [-0.2, 0) is 0 Å². The summed E-state index contributed by atoms with van der Waals surface area (Å²) >= 11 is 0. The van der Waals surface area contributed by atoms with Gasteiger partial charge in [0, 0.05) is 61.0 Å². The minimum atomic E-state index is 0.0800. The highest BCUT2D eigenvalue weighted by Crippen LogP contribution is 2.49. The lowest BCUT2D eigenvalue weighted by Crippen LogP contribution is -2.31. The van der Waals surface area contributed by atoms with Gasteiger partial charge in [0.1, 0.15) is 11.2 Å². The highest BCUT2D eigenvalue weighted by atomic mass is 16.3. The maximum atomic E-state index is 7.12. The summed E-state index contributed by atoms with van der Waals surface area (Å²) in [5.41, 5.74) is 16.2. The first kappa shape index (κ1) is 38.6. The van der Waals surface area contributed by atoms with Crippen molar-refractivity contribution in [1.29, 1.82) is 0 Å². The van der Waals surface area contributed by atoms with Crippen molar-refractivity contribution >= 4 is 101 Å². The van der Waals surface area contributed by atoms with E-state index in [1.807, 2.05) is 0 Å². The first-order valence-electron chi connectivity index (χ1n) is 23.7. The van der Waals surface area contributed by atoms with Crippen molar-refractivity contribution in [2.45, 2.75) is 25.2 Å². The van der Waals surface area contributed by atoms with E-state index in [9.17, 15) is 0 Å². The first-order chi connectivity index (χ1) is 33.8. The predicted octanol–water partition coefficient (Wildman–Crippen LogP) is 16.3. The number of furan rings is 2. The Balaban J connectivity index is 0.954. The molecule has 2 aromatic heterocycles. The summed E-state index contributed by atoms with van der Waals surface area (Å²) in [5.74, 6) is 0.0800. The topological polar surface area (TPSA) is 32.8 Å². The van der Waals surface area contributed by atoms with Gasteiger partial charge in [-0.1, -0.05) is 176 Å². The zero-order valence-corrected chi connectivity index (χ0v) is 37.3. The van der Waals surface area contributed by atoms with Crippen LogP contribution in [0.25, 0.3) is 83.5 Å². The smallest absolute Gasteiger partial charge is 0.159 e. The molecule has 0 saturated carbocycles. The molecular formula is C64H44N2O2. The summed E-state index contributed by atoms with van der Waals surface area (Å²) in [6.45, 7) is 0. The number of hydrogen-bond acceptors (Lipinski definition) is 4. The van der Waals surface area contributed by atoms with Crippen LogP contribution < -0.4 is 20.2 Å². The molecule has 0 aliphatic heterocycles. The predicted molar refractivity (Wildman–Crippen MR) is 284 cm³/mol. The van der Waals surface area contributed by atoms with Gasteiger partial charge in [-0.05, 0) is 100 Å². The molecule has 68 heavy (non-hydrogen) atoms. The van der Waals surface area contributed by atoms with Crippen LogP contribution in [-0.4, -0.2) is 0 Å². The molecule has 0 radical (unpaired) electrons. The van der Waals surface area contributed by atoms with Crippen molar-refractivity contribution in [3.05, 3.63) is 240 Å². The largest absolute Gasteiger partial charge is 0.453 e. The fraction of sp³-hybridized carbons (Fsp3) is 0.0625. The molecule has 14 rings (SSSR count). The molecule has 0 saturated heterocycles. The maximum absolute atomic E-state index is 7.12. The van der Waals surface area contributed by atoms with Crippen LogP contribution in [0.3, 0.4) is 0 Å². The van der Waals surface area contributed by atoms with Gasteiger partial charge in [-0.25, -0.2) is 0 Å². The summed E-state index contributed by atoms with van der Waals surface area (Å²) in [6.07, 6.45) is 16.7. The Bertz CT molecular complexity index is 4060. The lowest BCUT2D eigenvalue weighted by atomic mass is 9.79. The number of benzene rings is 9. The second-order valence-electron chi connectivity index (χ2n) is 18.2. The van der Waals surface area contributed by atoms with E-state index >= 15 is 0 Å². The maximum Gasteiger partial charge on any atom is 0.159 e. The summed E-state index contributed by atoms with van der Waals surface area (Å²) in [4.78, 5) is 4.86. The highest BCUT2D eigenvalue weighted by molar-refractivity contribution is 6.15. The van der Waals surface area contributed by atoms with Crippen LogP contribution in [0.5, 0.6) is 0 Å². The van der Waals surface area contributed by atoms with Crippen LogP contribution in [0.1, 0.15) is 36.3 Å². The molecule has 322 valence electrons. The van der Waals surface area contributed by atoms with E-state index in [2.05, 4.69) is 234 Å². The average Bonchev–Trinajstić information content (AvgIpc) is 4.00. The van der Waals surface area contributed by atoms with Crippen molar-refractivity contribution < 1.29 is 8.83 Å². The Morgan fingerprint density at radius 3 is 1.69 bits per heavy atom. The molecule has 4 nitrogen and oxygen atoms in total. The molecule has 0 bridgehead atoms. The normalized spacial score (nSPS) is 15.1. The molecule has 11 aromatic rings. The zero-order chi connectivity index (χ0) is 44.7. The lowest BCUT2D eigenvalue weighted by molar-refractivity contribution is 0.666. The van der Waals surface area contributed by atoms with E-state index in [0.29, 0.717) is 0 Å². The van der Waals surface area contributed by atoms with E-state index < -0.39 is 0 Å². The molecule has 0 N–H and O–H groups in total. The van der Waals surface area contributed by atoms with Gasteiger partial charge in [0.15, 0.2) is 11.2 Å². The summed E-state index contributed by atoms with van der Waals surface area (Å²) < 4.78 is 14.2. The summed E-state index contributed by atoms with van der Waals surface area (Å²) in [5, 5.41) is 9.47. The lowest BCUT2D eigenvalue weighted by Gasteiger charge is -2.36. The van der Waals surface area contributed by atoms with Crippen LogP contribution in [0.4, 0.5) is 28.4 Å². The Kier molecular flexibility index (Phi) is 8.81. The molecule has 0 amide bonds. The molecule has 4 heteroatoms. The standard InChI is InChI=1S/C64H44N2O2/c1-5-17-41(18-6-1)47-25-13-27-49-51-29-15-31-57(63(51)67-61(47)49)65(45-21-9-3-10-22-45)55-39-35-43-34-38-54-56(40-36-44-33-37-53(55)59(43)60(44)54)66(46-23-11-4-12-24-46)58-32-16-30-52-50-28-14-26-48(62(50)68-64(52)58)42-19-7-2-8-20-42/h1-7,9-19,21-37,39-40,54H,8,20,38H2. The number of rotatable bonds is 8. The van der Waals surface area contributed by atoms with Crippen molar-refractivity contribution in [2.75, 3.05) is 9.80 Å². The molecule has 1 unspecified atom stereocenters. The van der Waals surface area contributed by atoms with Crippen molar-refractivity contribution in [3.8, 4) is 11.1 Å². The van der Waals surface area contributed by atoms with Gasteiger partial charge in [-0.15, -0.1) is 0 Å². The third-order valence-corrected chi connectivity index (χ3v) is 14.4. The second-order valence-corrected chi connectivity index (χ2v) is 18.2. The summed E-state index contributed by atoms with van der Waals surface area (Å²) in [6, 6.07) is 67.7. The van der Waals surface area contributed by atoms with Crippen molar-refractivity contribution in [2.24, 2.45) is 0 Å². The van der Waals surface area contributed by atoms with Crippen molar-refractivity contribution in [1.82, 2.24) is 0 Å². The van der Waals surface area contributed by atoms with Gasteiger partial charge in [-0.3, -0.25) is 0 Å². The minimum absolute atomic E-state index is 0.0800. The summed E-state index contributed by atoms with van der Waals surface area (Å²) in [7, 11) is 0. The number of anilines is 5. The number of allylic oxidation sites excluding steroid dienone is 6. The van der Waals surface area contributed by atoms with Gasteiger partial charge in [0.05, 0.1) is 17.1 Å². The SMILES string of the molecule is C1=CCCC(c2cccc3c2oc2c(N(C4=CC=c5ccc6c(N(c7ccccc7)c7cccc8c7oc7c(-c9ccccc9)cccc78)ccc7c6c5C4CC=7)c4ccccc4)cccc23)=C1. The van der Waals surface area contributed by atoms with Crippen LogP contribution in [0.15, 0.2) is 227 Å². The number of hydrogen-bond donors (Lipinski definition) is 0. The van der Waals surface area contributed by atoms with Crippen LogP contribution in [0.2, 0.25) is 0 Å². The molecule has 9 aromatic carbocycles. The monoisotopic (exact) mass is 872 g/mol. The third kappa shape index (κ3) is 5.93. The fourth-order valence-electron chi connectivity index (χ4n) is 11.4. The number of fused-ring (bicyclic) bond motifs is 6. The van der Waals surface area contributed by atoms with E-state index in [0.717, 1.165) is 103 Å². The molecular weight excluding hydrogens is 829 g/mol. The average molecular weight is 873 g/mol. The van der Waals surface area contributed by atoms with Gasteiger partial charge in [0.2, 0.25) is 0 Å². The van der Waals surface area contributed by atoms with Gasteiger partial charge in [-0.2, -0.15) is 0 Å². The fourth-order valence-corrected chi connectivity index (χ4v) is 11.4. The van der Waals surface area contributed by atoms with E-state index in [1.54, 1.807) is 0 Å². The number of para-hydroxylation sites is 6. The number of nitrogens with zero attached hydrogens (tertiary/aromatic N) is 2. The Morgan fingerprint density at radius 2 is 1.01 bits per heavy atom. The molecule has 3 aliphatic carbocycles. The Labute approximate surface area is 393 Å². The molecule has 3 aliphatic rings. The Hall–Kier alpha value is -8.60. The van der Waals surface area contributed by atoms with E-state index in [-0.39, 0.29) is 5.92 Å². The van der Waals surface area contributed by atoms with Gasteiger partial charge >= 0.3 is 0 Å². The highest BCUT2D eigenvalue weighted by Gasteiger charge is 2.33. The molecule has 0 fully saturated rings. The van der Waals surface area contributed by atoms with Crippen LogP contribution in [0, 0.1) is 0 Å². The Morgan fingerprint density at radius 1 is 0.426 bits per heavy atom. The minimum Gasteiger partial charge on any atom is -0.453 e. The van der Waals surface area contributed by atoms with Gasteiger partial charge < -0.3 is 18.6 Å². The second kappa shape index (κ2) is 15.5. The van der Waals surface area contributed by atoms with E-state index in [1.165, 1.54) is 43.6 Å². The molecule has 1 atom stereocenters. The zero-order valence-electron chi connectivity index (χ0n) is 37.3. The third-order valence-electron chi connectivity index (χ3n) is 14.4.